The van der Waals surface area contributed by atoms with E-state index in [1.165, 1.54) is 6.07 Å². The maximum atomic E-state index is 14.6. The molecule has 1 N–H and O–H groups in total. The number of halogens is 1. The van der Waals surface area contributed by atoms with Crippen molar-refractivity contribution in [3.8, 4) is 5.75 Å². The van der Waals surface area contributed by atoms with E-state index >= 15 is 0 Å². The molecule has 2 aliphatic heterocycles. The number of benzene rings is 2. The van der Waals surface area contributed by atoms with Crippen molar-refractivity contribution < 1.29 is 28.0 Å². The molecule has 0 aromatic heterocycles. The lowest BCUT2D eigenvalue weighted by Crippen LogP contribution is -2.42. The molecular weight excluding hydrogens is 505 g/mol. The highest BCUT2D eigenvalue weighted by atomic mass is 32.2. The molecule has 2 aliphatic rings. The lowest BCUT2D eigenvalue weighted by molar-refractivity contribution is -0.544. The van der Waals surface area contributed by atoms with E-state index in [1.54, 1.807) is 61.0 Å². The van der Waals surface area contributed by atoms with Crippen molar-refractivity contribution in [1.29, 1.82) is 0 Å². The third-order valence-corrected chi connectivity index (χ3v) is 8.38. The smallest absolute Gasteiger partial charge is 0.410 e. The van der Waals surface area contributed by atoms with Crippen LogP contribution in [-0.4, -0.2) is 69.6 Å². The van der Waals surface area contributed by atoms with Crippen LogP contribution in [0.15, 0.2) is 42.5 Å². The van der Waals surface area contributed by atoms with Crippen molar-refractivity contribution >= 4 is 29.5 Å². The molecule has 0 bridgehead atoms. The Balaban J connectivity index is 1.63. The summed E-state index contributed by atoms with van der Waals surface area (Å²) in [5.74, 6) is 0.116. The van der Waals surface area contributed by atoms with Gasteiger partial charge in [0.1, 0.15) is 28.5 Å². The van der Waals surface area contributed by atoms with E-state index in [-0.39, 0.29) is 27.9 Å². The molecule has 38 heavy (non-hydrogen) atoms. The lowest BCUT2D eigenvalue weighted by atomic mass is 10.1. The van der Waals surface area contributed by atoms with Crippen LogP contribution >= 0.6 is 11.8 Å². The van der Waals surface area contributed by atoms with Crippen LogP contribution in [0.3, 0.4) is 0 Å². The van der Waals surface area contributed by atoms with Crippen molar-refractivity contribution in [1.82, 2.24) is 10.2 Å². The largest absolute Gasteiger partial charge is 0.479 e. The molecule has 7 nitrogen and oxygen atoms in total. The number of fused-ring (bicyclic) bond motifs is 1. The van der Waals surface area contributed by atoms with Gasteiger partial charge in [-0.05, 0) is 70.5 Å². The molecule has 0 radical (unpaired) electrons. The summed E-state index contributed by atoms with van der Waals surface area (Å²) >= 11 is 1.80. The number of nitrogens with zero attached hydrogens (tertiary/aromatic N) is 2. The van der Waals surface area contributed by atoms with Gasteiger partial charge >= 0.3 is 6.09 Å². The van der Waals surface area contributed by atoms with E-state index < -0.39 is 11.7 Å². The van der Waals surface area contributed by atoms with Gasteiger partial charge in [0.25, 0.3) is 5.91 Å². The zero-order valence-electron chi connectivity index (χ0n) is 23.1. The summed E-state index contributed by atoms with van der Waals surface area (Å²) in [6.07, 6.45) is -0.805. The van der Waals surface area contributed by atoms with E-state index in [4.69, 9.17) is 9.47 Å². The van der Waals surface area contributed by atoms with Crippen molar-refractivity contribution in [2.24, 2.45) is 0 Å². The Morgan fingerprint density at radius 1 is 1.21 bits per heavy atom. The van der Waals surface area contributed by atoms with Crippen LogP contribution in [-0.2, 0) is 4.74 Å². The molecule has 0 aliphatic carbocycles. The molecule has 1 fully saturated rings. The second-order valence-corrected chi connectivity index (χ2v) is 12.8. The van der Waals surface area contributed by atoms with Crippen molar-refractivity contribution in [2.75, 3.05) is 26.7 Å². The molecule has 2 aromatic rings. The number of thioether (sulfide) groups is 1. The highest BCUT2D eigenvalue weighted by molar-refractivity contribution is 8.08. The SMILES string of the molecule is CNC(=O)c1ccc(O[C@H](C[N+]2=C(C)CN(C(=O)OC(C)(C)C)C[C@]3(C)SC23)c2ccc(C)c(F)c2)cc1. The molecule has 4 rings (SSSR count). The molecule has 1 saturated heterocycles. The standard InChI is InChI=1S/C29H36FN3O4S/c1-18-8-9-21(14-23(18)30)24(36-22-12-10-20(11-13-22)25(34)31-7)16-33-19(2)15-32(17-29(6)26(33)38-29)27(35)37-28(3,4)5/h8-14,24,26H,15-17H2,1-7H3/p+1/t24-,26?,29+/m1/s1. The zero-order chi connectivity index (χ0) is 27.8. The molecule has 3 atom stereocenters. The number of rotatable bonds is 6. The summed E-state index contributed by atoms with van der Waals surface area (Å²) in [6.45, 7) is 13.0. The van der Waals surface area contributed by atoms with Gasteiger partial charge in [-0.1, -0.05) is 23.9 Å². The first kappa shape index (κ1) is 28.0. The van der Waals surface area contributed by atoms with Gasteiger partial charge in [0.2, 0.25) is 5.37 Å². The minimum absolute atomic E-state index is 0.146. The van der Waals surface area contributed by atoms with Crippen molar-refractivity contribution in [3.05, 3.63) is 65.0 Å². The minimum Gasteiger partial charge on any atom is -0.479 e. The summed E-state index contributed by atoms with van der Waals surface area (Å²) in [5, 5.41) is 2.77. The Morgan fingerprint density at radius 3 is 2.50 bits per heavy atom. The van der Waals surface area contributed by atoms with Gasteiger partial charge in [-0.2, -0.15) is 0 Å². The van der Waals surface area contributed by atoms with Crippen LogP contribution in [0.5, 0.6) is 5.75 Å². The molecule has 2 amide bonds. The van der Waals surface area contributed by atoms with Crippen LogP contribution in [0.4, 0.5) is 9.18 Å². The normalized spacial score (nSPS) is 21.8. The molecule has 2 heterocycles. The topological polar surface area (TPSA) is 70.9 Å². The van der Waals surface area contributed by atoms with Crippen molar-refractivity contribution in [2.45, 2.75) is 63.4 Å². The van der Waals surface area contributed by atoms with Gasteiger partial charge < -0.3 is 14.8 Å². The Kier molecular flexibility index (Phi) is 7.79. The van der Waals surface area contributed by atoms with Crippen molar-refractivity contribution in [3.63, 3.8) is 0 Å². The molecule has 0 saturated carbocycles. The van der Waals surface area contributed by atoms with Crippen LogP contribution in [0.25, 0.3) is 0 Å². The van der Waals surface area contributed by atoms with Gasteiger partial charge in [-0.15, -0.1) is 0 Å². The number of hydrogen-bond donors (Lipinski definition) is 1. The molecule has 1 unspecified atom stereocenters. The number of aryl methyl sites for hydroxylation is 1. The summed E-state index contributed by atoms with van der Waals surface area (Å²) in [7, 11) is 1.59. The highest BCUT2D eigenvalue weighted by Crippen LogP contribution is 2.55. The summed E-state index contributed by atoms with van der Waals surface area (Å²) < 4.78 is 28.8. The van der Waals surface area contributed by atoms with Crippen LogP contribution < -0.4 is 10.1 Å². The number of nitrogens with one attached hydrogen (secondary N) is 1. The first-order valence-electron chi connectivity index (χ1n) is 12.8. The van der Waals surface area contributed by atoms with Crippen LogP contribution in [0, 0.1) is 12.7 Å². The van der Waals surface area contributed by atoms with E-state index in [2.05, 4.69) is 16.8 Å². The third-order valence-electron chi connectivity index (χ3n) is 6.75. The van der Waals surface area contributed by atoms with Gasteiger partial charge in [0.05, 0.1) is 0 Å². The highest BCUT2D eigenvalue weighted by Gasteiger charge is 2.63. The van der Waals surface area contributed by atoms with Gasteiger partial charge in [0, 0.05) is 31.6 Å². The summed E-state index contributed by atoms with van der Waals surface area (Å²) in [6, 6.07) is 12.1. The molecular formula is C29H37FN3O4S+. The number of carbonyl (C=O) groups is 2. The average Bonchev–Trinajstić information content (AvgIpc) is 3.52. The Bertz CT molecular complexity index is 1260. The predicted molar refractivity (Wildman–Crippen MR) is 148 cm³/mol. The van der Waals surface area contributed by atoms with Crippen LogP contribution in [0.2, 0.25) is 0 Å². The Morgan fingerprint density at radius 2 is 1.89 bits per heavy atom. The third kappa shape index (κ3) is 6.31. The van der Waals surface area contributed by atoms with Crippen LogP contribution in [0.1, 0.15) is 62.2 Å². The Labute approximate surface area is 228 Å². The van der Waals surface area contributed by atoms with Gasteiger partial charge in [-0.25, -0.2) is 13.8 Å². The fraction of sp³-hybridized carbons (Fsp3) is 0.483. The molecule has 0 spiro atoms. The number of hydrogen-bond acceptors (Lipinski definition) is 5. The fourth-order valence-corrected chi connectivity index (χ4v) is 5.90. The second-order valence-electron chi connectivity index (χ2n) is 11.2. The molecule has 204 valence electrons. The fourth-order valence-electron chi connectivity index (χ4n) is 4.63. The maximum Gasteiger partial charge on any atom is 0.410 e. The van der Waals surface area contributed by atoms with Gasteiger partial charge in [-0.3, -0.25) is 9.69 Å². The first-order chi connectivity index (χ1) is 17.8. The minimum atomic E-state index is -0.574. The van der Waals surface area contributed by atoms with Gasteiger partial charge in [0.15, 0.2) is 18.4 Å². The maximum absolute atomic E-state index is 14.6. The number of ether oxygens (including phenoxy) is 2. The van der Waals surface area contributed by atoms with E-state index in [9.17, 15) is 14.0 Å². The second kappa shape index (κ2) is 10.6. The molecule has 9 heteroatoms. The zero-order valence-corrected chi connectivity index (χ0v) is 23.9. The lowest BCUT2D eigenvalue weighted by Gasteiger charge is -2.27. The summed E-state index contributed by atoms with van der Waals surface area (Å²) in [4.78, 5) is 26.7. The predicted octanol–water partition coefficient (Wildman–Crippen LogP) is 5.17. The number of amides is 2. The summed E-state index contributed by atoms with van der Waals surface area (Å²) in [5.41, 5.74) is 2.26. The molecule has 2 aromatic carbocycles. The monoisotopic (exact) mass is 542 g/mol. The van der Waals surface area contributed by atoms with E-state index in [0.29, 0.717) is 36.5 Å². The first-order valence-corrected chi connectivity index (χ1v) is 13.7. The number of carbonyl (C=O) groups excluding carboxylic acids is 2. The average molecular weight is 543 g/mol. The van der Waals surface area contributed by atoms with E-state index in [0.717, 1.165) is 11.3 Å². The quantitative estimate of drug-likeness (QED) is 0.403. The Hall–Kier alpha value is -3.07. The van der Waals surface area contributed by atoms with E-state index in [1.807, 2.05) is 33.8 Å².